The molecule has 2 radical (unpaired) electrons. The highest BCUT2D eigenvalue weighted by atomic mass is 35.5. The van der Waals surface area contributed by atoms with E-state index in [1.165, 1.54) is 57.8 Å². The van der Waals surface area contributed by atoms with Crippen LogP contribution >= 0.6 is 12.4 Å². The highest BCUT2D eigenvalue weighted by molar-refractivity contribution is 5.98. The molecule has 0 N–H and O–H groups in total. The summed E-state index contributed by atoms with van der Waals surface area (Å²) in [6, 6.07) is 0. The molecule has 0 amide bonds. The zero-order valence-electron chi connectivity index (χ0n) is 11.0. The lowest BCUT2D eigenvalue weighted by molar-refractivity contribution is 0.200. The van der Waals surface area contributed by atoms with Gasteiger partial charge in [-0.25, -0.2) is 0 Å². The molecular weight excluding hydrogens is 235 g/mol. The average Bonchev–Trinajstić information content (AvgIpc) is 2.27. The third-order valence-corrected chi connectivity index (χ3v) is 3.41. The van der Waals surface area contributed by atoms with Crippen molar-refractivity contribution in [2.45, 2.75) is 84.2 Å². The summed E-state index contributed by atoms with van der Waals surface area (Å²) in [7, 11) is 0. The van der Waals surface area contributed by atoms with Gasteiger partial charge in [-0.05, 0) is 12.8 Å². The summed E-state index contributed by atoms with van der Waals surface area (Å²) in [5.41, 5.74) is 0. The topological polar surface area (TPSA) is 9.23 Å². The van der Waals surface area contributed by atoms with Crippen LogP contribution < -0.4 is 0 Å². The van der Waals surface area contributed by atoms with Crippen molar-refractivity contribution in [3.05, 3.63) is 0 Å². The first-order valence-electron chi connectivity index (χ1n) is 6.70. The van der Waals surface area contributed by atoms with Crippen LogP contribution in [0, 0.1) is 0 Å². The first-order valence-corrected chi connectivity index (χ1v) is 7.17. The molecule has 1 atom stereocenters. The molecule has 0 aromatic rings. The van der Waals surface area contributed by atoms with Gasteiger partial charge in [-0.15, -0.1) is 12.4 Å². The minimum absolute atomic E-state index is 0. The quantitative estimate of drug-likeness (QED) is 0.383. The van der Waals surface area contributed by atoms with Crippen LogP contribution in [-0.2, 0) is 3.79 Å². The Labute approximate surface area is 117 Å². The molecular formula is C13H28AlClO. The van der Waals surface area contributed by atoms with E-state index in [0.29, 0.717) is 6.10 Å². The number of hydrogen-bond acceptors (Lipinski definition) is 1. The molecule has 0 aliphatic carbocycles. The standard InChI is InChI=1S/C13H27O.Al.ClH/c1-3-5-6-7-8-9-10-11-12-13(14)4-2;;/h13H,3-12H2,1-2H3;;1H/q-1;+1;. The predicted octanol–water partition coefficient (Wildman–Crippen LogP) is 4.82. The Bertz CT molecular complexity index is 119. The van der Waals surface area contributed by atoms with E-state index >= 15 is 0 Å². The van der Waals surface area contributed by atoms with Crippen LogP contribution in [0.1, 0.15) is 78.1 Å². The van der Waals surface area contributed by atoms with Crippen LogP contribution in [0.3, 0.4) is 0 Å². The zero-order valence-corrected chi connectivity index (χ0v) is 13.0. The number of rotatable bonds is 11. The smallest absolute Gasteiger partial charge is 0.369 e. The summed E-state index contributed by atoms with van der Waals surface area (Å²) in [6.45, 7) is 4.47. The monoisotopic (exact) mass is 262 g/mol. The van der Waals surface area contributed by atoms with Gasteiger partial charge in [-0.2, -0.15) is 0 Å². The van der Waals surface area contributed by atoms with Crippen molar-refractivity contribution in [1.29, 1.82) is 0 Å². The van der Waals surface area contributed by atoms with Gasteiger partial charge < -0.3 is 3.79 Å². The van der Waals surface area contributed by atoms with E-state index in [4.69, 9.17) is 3.79 Å². The minimum Gasteiger partial charge on any atom is -0.514 e. The SMILES string of the molecule is CCCCCCCCCCC(CC)[O][Al].Cl. The van der Waals surface area contributed by atoms with Crippen LogP contribution in [-0.4, -0.2) is 22.7 Å². The summed E-state index contributed by atoms with van der Waals surface area (Å²) < 4.78 is 5.28. The van der Waals surface area contributed by atoms with Gasteiger partial charge in [-0.1, -0.05) is 65.2 Å². The molecule has 0 bridgehead atoms. The molecule has 0 aromatic carbocycles. The van der Waals surface area contributed by atoms with Crippen LogP contribution in [0.25, 0.3) is 0 Å². The fourth-order valence-electron chi connectivity index (χ4n) is 1.87. The summed E-state index contributed by atoms with van der Waals surface area (Å²) in [5.74, 6) is 0. The van der Waals surface area contributed by atoms with Crippen molar-refractivity contribution < 1.29 is 3.79 Å². The van der Waals surface area contributed by atoms with Gasteiger partial charge in [-0.3, -0.25) is 0 Å². The average molecular weight is 263 g/mol. The van der Waals surface area contributed by atoms with Crippen molar-refractivity contribution in [2.75, 3.05) is 0 Å². The predicted molar refractivity (Wildman–Crippen MR) is 75.4 cm³/mol. The van der Waals surface area contributed by atoms with Crippen molar-refractivity contribution in [3.63, 3.8) is 0 Å². The number of hydrogen-bond donors (Lipinski definition) is 0. The second-order valence-corrected chi connectivity index (χ2v) is 4.70. The molecule has 0 saturated carbocycles. The molecule has 0 heterocycles. The molecule has 1 unspecified atom stereocenters. The van der Waals surface area contributed by atoms with Crippen molar-refractivity contribution in [2.24, 2.45) is 0 Å². The zero-order chi connectivity index (χ0) is 11.4. The highest BCUT2D eigenvalue weighted by Crippen LogP contribution is 2.12. The maximum absolute atomic E-state index is 5.28. The van der Waals surface area contributed by atoms with E-state index in [-0.39, 0.29) is 12.4 Å². The minimum atomic E-state index is 0. The Hall–Kier alpha value is 0.782. The van der Waals surface area contributed by atoms with Crippen molar-refractivity contribution in [3.8, 4) is 0 Å². The van der Waals surface area contributed by atoms with Gasteiger partial charge in [0.1, 0.15) is 0 Å². The molecule has 3 heteroatoms. The Balaban J connectivity index is 0. The molecule has 16 heavy (non-hydrogen) atoms. The van der Waals surface area contributed by atoms with E-state index in [2.05, 4.69) is 30.5 Å². The first kappa shape index (κ1) is 19.1. The normalized spacial score (nSPS) is 12.1. The van der Waals surface area contributed by atoms with Gasteiger partial charge in [0.25, 0.3) is 0 Å². The van der Waals surface area contributed by atoms with E-state index in [9.17, 15) is 0 Å². The highest BCUT2D eigenvalue weighted by Gasteiger charge is 2.01. The fraction of sp³-hybridized carbons (Fsp3) is 1.00. The summed E-state index contributed by atoms with van der Waals surface area (Å²) in [4.78, 5) is 0. The van der Waals surface area contributed by atoms with Crippen LogP contribution in [0.15, 0.2) is 0 Å². The molecule has 0 saturated heterocycles. The van der Waals surface area contributed by atoms with E-state index < -0.39 is 0 Å². The Morgan fingerprint density at radius 3 is 1.81 bits per heavy atom. The Kier molecular flexibility index (Phi) is 18.9. The van der Waals surface area contributed by atoms with Gasteiger partial charge in [0, 0.05) is 6.10 Å². The molecule has 0 aromatic heterocycles. The van der Waals surface area contributed by atoms with Crippen LogP contribution in [0.2, 0.25) is 0 Å². The number of halogens is 1. The van der Waals surface area contributed by atoms with Crippen LogP contribution in [0.4, 0.5) is 0 Å². The lowest BCUT2D eigenvalue weighted by atomic mass is 10.0. The van der Waals surface area contributed by atoms with Gasteiger partial charge >= 0.3 is 16.6 Å². The van der Waals surface area contributed by atoms with E-state index in [1.54, 1.807) is 0 Å². The van der Waals surface area contributed by atoms with Gasteiger partial charge in [0.05, 0.1) is 0 Å². The molecule has 0 aliphatic rings. The molecule has 1 nitrogen and oxygen atoms in total. The lowest BCUT2D eigenvalue weighted by Crippen LogP contribution is -2.09. The van der Waals surface area contributed by atoms with Gasteiger partial charge in [0.15, 0.2) is 0 Å². The fourth-order valence-corrected chi connectivity index (χ4v) is 2.20. The second kappa shape index (κ2) is 15.8. The maximum atomic E-state index is 5.28. The van der Waals surface area contributed by atoms with Gasteiger partial charge in [0.2, 0.25) is 0 Å². The Morgan fingerprint density at radius 2 is 1.38 bits per heavy atom. The van der Waals surface area contributed by atoms with Crippen LogP contribution in [0.5, 0.6) is 0 Å². The van der Waals surface area contributed by atoms with Crippen molar-refractivity contribution in [1.82, 2.24) is 0 Å². The summed E-state index contributed by atoms with van der Waals surface area (Å²) in [6.07, 6.45) is 14.0. The lowest BCUT2D eigenvalue weighted by Gasteiger charge is -2.14. The second-order valence-electron chi connectivity index (χ2n) is 4.43. The summed E-state index contributed by atoms with van der Waals surface area (Å²) >= 11 is 2.39. The maximum Gasteiger partial charge on any atom is 0.369 e. The molecule has 96 valence electrons. The van der Waals surface area contributed by atoms with Crippen molar-refractivity contribution >= 4 is 29.0 Å². The molecule has 0 rings (SSSR count). The Morgan fingerprint density at radius 1 is 0.875 bits per heavy atom. The first-order chi connectivity index (χ1) is 7.35. The molecule has 0 spiro atoms. The third-order valence-electron chi connectivity index (χ3n) is 3.03. The third kappa shape index (κ3) is 12.9. The summed E-state index contributed by atoms with van der Waals surface area (Å²) in [5, 5.41) is 0. The largest absolute Gasteiger partial charge is 0.514 e. The molecule has 0 aliphatic heterocycles. The van der Waals surface area contributed by atoms with E-state index in [1.807, 2.05) is 0 Å². The van der Waals surface area contributed by atoms with E-state index in [0.717, 1.165) is 6.42 Å². The molecule has 0 fully saturated rings. The number of unbranched alkanes of at least 4 members (excludes halogenated alkanes) is 7.